The fourth-order valence-corrected chi connectivity index (χ4v) is 1.37. The summed E-state index contributed by atoms with van der Waals surface area (Å²) in [5, 5.41) is 3.29. The van der Waals surface area contributed by atoms with Crippen LogP contribution in [0.4, 0.5) is 0 Å². The lowest BCUT2D eigenvalue weighted by atomic mass is 10.2. The van der Waals surface area contributed by atoms with Gasteiger partial charge in [-0.3, -0.25) is 4.99 Å². The molecule has 0 rings (SSSR count). The van der Waals surface area contributed by atoms with Gasteiger partial charge in [0.1, 0.15) is 0 Å². The molecule has 0 aliphatic carbocycles. The lowest BCUT2D eigenvalue weighted by molar-refractivity contribution is 0.259. The second-order valence-corrected chi connectivity index (χ2v) is 4.50. The highest BCUT2D eigenvalue weighted by Gasteiger charge is 2.04. The van der Waals surface area contributed by atoms with Gasteiger partial charge in [0.05, 0.1) is 12.4 Å². The van der Waals surface area contributed by atoms with Crippen LogP contribution < -0.4 is 5.32 Å². The molecule has 90 valence electrons. The Hall–Kier alpha value is -0.570. The van der Waals surface area contributed by atoms with Gasteiger partial charge in [0.25, 0.3) is 0 Å². The Bertz CT molecular complexity index is 187. The summed E-state index contributed by atoms with van der Waals surface area (Å²) in [6.07, 6.45) is 1.20. The standard InChI is InChI=1S/C12H27N3/c1-7-11(4)15(6)9-8-13-12(5)14-10(2)3/h10-11H,7-9H2,1-6H3,(H,13,14). The van der Waals surface area contributed by atoms with Gasteiger partial charge in [0.15, 0.2) is 0 Å². The predicted molar refractivity (Wildman–Crippen MR) is 68.6 cm³/mol. The van der Waals surface area contributed by atoms with Gasteiger partial charge in [-0.1, -0.05) is 6.92 Å². The van der Waals surface area contributed by atoms with E-state index in [1.807, 2.05) is 6.92 Å². The third kappa shape index (κ3) is 7.37. The zero-order valence-electron chi connectivity index (χ0n) is 11.2. The van der Waals surface area contributed by atoms with E-state index >= 15 is 0 Å². The number of amidine groups is 1. The minimum atomic E-state index is 0.473. The normalized spacial score (nSPS) is 14.8. The Kier molecular flexibility index (Phi) is 7.39. The first kappa shape index (κ1) is 14.4. The fraction of sp³-hybridized carbons (Fsp3) is 0.917. The molecule has 0 aromatic heterocycles. The van der Waals surface area contributed by atoms with Crippen LogP contribution in [0.25, 0.3) is 0 Å². The Labute approximate surface area is 95.0 Å². The number of hydrogen-bond donors (Lipinski definition) is 1. The zero-order chi connectivity index (χ0) is 11.8. The molecule has 1 N–H and O–H groups in total. The van der Waals surface area contributed by atoms with Crippen LogP contribution in [-0.2, 0) is 0 Å². The van der Waals surface area contributed by atoms with Gasteiger partial charge in [0, 0.05) is 18.6 Å². The van der Waals surface area contributed by atoms with Crippen LogP contribution >= 0.6 is 0 Å². The second kappa shape index (κ2) is 7.69. The van der Waals surface area contributed by atoms with Crippen LogP contribution in [0.2, 0.25) is 0 Å². The molecule has 0 aliphatic rings. The highest BCUT2D eigenvalue weighted by Crippen LogP contribution is 1.98. The van der Waals surface area contributed by atoms with Gasteiger partial charge >= 0.3 is 0 Å². The van der Waals surface area contributed by atoms with Gasteiger partial charge in [-0.05, 0) is 41.2 Å². The molecular weight excluding hydrogens is 186 g/mol. The zero-order valence-corrected chi connectivity index (χ0v) is 11.2. The van der Waals surface area contributed by atoms with Gasteiger partial charge in [-0.15, -0.1) is 0 Å². The maximum atomic E-state index is 4.48. The maximum absolute atomic E-state index is 4.48. The summed E-state index contributed by atoms with van der Waals surface area (Å²) in [6, 6.07) is 1.12. The van der Waals surface area contributed by atoms with E-state index in [2.05, 4.69) is 50.0 Å². The molecule has 0 bridgehead atoms. The Morgan fingerprint density at radius 2 is 1.93 bits per heavy atom. The third-order valence-electron chi connectivity index (χ3n) is 2.64. The number of rotatable bonds is 6. The fourth-order valence-electron chi connectivity index (χ4n) is 1.37. The van der Waals surface area contributed by atoms with Crippen LogP contribution in [0, 0.1) is 0 Å². The molecule has 0 saturated heterocycles. The van der Waals surface area contributed by atoms with E-state index in [9.17, 15) is 0 Å². The van der Waals surface area contributed by atoms with Gasteiger partial charge in [0.2, 0.25) is 0 Å². The third-order valence-corrected chi connectivity index (χ3v) is 2.64. The molecule has 0 spiro atoms. The van der Waals surface area contributed by atoms with Crippen molar-refractivity contribution in [1.29, 1.82) is 0 Å². The molecule has 0 aromatic carbocycles. The van der Waals surface area contributed by atoms with Crippen molar-refractivity contribution < 1.29 is 0 Å². The monoisotopic (exact) mass is 213 g/mol. The van der Waals surface area contributed by atoms with E-state index < -0.39 is 0 Å². The van der Waals surface area contributed by atoms with E-state index in [0.29, 0.717) is 12.1 Å². The summed E-state index contributed by atoms with van der Waals surface area (Å²) in [5.41, 5.74) is 0. The molecule has 1 atom stereocenters. The first-order chi connectivity index (χ1) is 6.97. The molecule has 0 amide bonds. The number of nitrogens with one attached hydrogen (secondary N) is 1. The van der Waals surface area contributed by atoms with Crippen LogP contribution in [0.5, 0.6) is 0 Å². The van der Waals surface area contributed by atoms with Gasteiger partial charge in [-0.2, -0.15) is 0 Å². The van der Waals surface area contributed by atoms with E-state index in [-0.39, 0.29) is 0 Å². The minimum Gasteiger partial charge on any atom is -0.372 e. The van der Waals surface area contributed by atoms with Crippen LogP contribution in [0.15, 0.2) is 4.99 Å². The van der Waals surface area contributed by atoms with Gasteiger partial charge in [-0.25, -0.2) is 0 Å². The molecule has 0 fully saturated rings. The molecular formula is C12H27N3. The van der Waals surface area contributed by atoms with E-state index in [1.54, 1.807) is 0 Å². The molecule has 0 aliphatic heterocycles. The lowest BCUT2D eigenvalue weighted by Crippen LogP contribution is -2.32. The molecule has 0 aromatic rings. The molecule has 0 radical (unpaired) electrons. The largest absolute Gasteiger partial charge is 0.372 e. The number of nitrogens with zero attached hydrogens (tertiary/aromatic N) is 2. The topological polar surface area (TPSA) is 27.6 Å². The molecule has 3 heteroatoms. The summed E-state index contributed by atoms with van der Waals surface area (Å²) >= 11 is 0. The smallest absolute Gasteiger partial charge is 0.0934 e. The van der Waals surface area contributed by atoms with Crippen molar-refractivity contribution in [2.24, 2.45) is 4.99 Å². The maximum Gasteiger partial charge on any atom is 0.0934 e. The quantitative estimate of drug-likeness (QED) is 0.541. The highest BCUT2D eigenvalue weighted by molar-refractivity contribution is 5.79. The van der Waals surface area contributed by atoms with E-state index in [0.717, 1.165) is 18.9 Å². The summed E-state index contributed by atoms with van der Waals surface area (Å²) in [7, 11) is 2.16. The summed E-state index contributed by atoms with van der Waals surface area (Å²) < 4.78 is 0. The predicted octanol–water partition coefficient (Wildman–Crippen LogP) is 2.13. The van der Waals surface area contributed by atoms with Crippen molar-refractivity contribution >= 4 is 5.84 Å². The SMILES string of the molecule is CCC(C)N(C)CCN=C(C)NC(C)C. The summed E-state index contributed by atoms with van der Waals surface area (Å²) in [6.45, 7) is 12.7. The first-order valence-electron chi connectivity index (χ1n) is 5.95. The second-order valence-electron chi connectivity index (χ2n) is 4.50. The average molecular weight is 213 g/mol. The number of likely N-dealkylation sites (N-methyl/N-ethyl adjacent to an activating group) is 1. The van der Waals surface area contributed by atoms with Crippen molar-refractivity contribution in [3.63, 3.8) is 0 Å². The molecule has 0 heterocycles. The van der Waals surface area contributed by atoms with Crippen molar-refractivity contribution in [1.82, 2.24) is 10.2 Å². The van der Waals surface area contributed by atoms with Crippen molar-refractivity contribution in [3.05, 3.63) is 0 Å². The van der Waals surface area contributed by atoms with E-state index in [4.69, 9.17) is 0 Å². The molecule has 1 unspecified atom stereocenters. The number of hydrogen-bond acceptors (Lipinski definition) is 2. The highest BCUT2D eigenvalue weighted by atomic mass is 15.1. The Morgan fingerprint density at radius 3 is 2.40 bits per heavy atom. The summed E-state index contributed by atoms with van der Waals surface area (Å²) in [4.78, 5) is 6.84. The van der Waals surface area contributed by atoms with Crippen molar-refractivity contribution in [3.8, 4) is 0 Å². The average Bonchev–Trinajstić information content (AvgIpc) is 2.15. The van der Waals surface area contributed by atoms with Gasteiger partial charge < -0.3 is 10.2 Å². The first-order valence-corrected chi connectivity index (χ1v) is 5.95. The Balaban J connectivity index is 3.76. The number of aliphatic imine (C=N–C) groups is 1. The molecule has 3 nitrogen and oxygen atoms in total. The van der Waals surface area contributed by atoms with Crippen LogP contribution in [0.1, 0.15) is 41.0 Å². The molecule has 0 saturated carbocycles. The molecule has 15 heavy (non-hydrogen) atoms. The summed E-state index contributed by atoms with van der Waals surface area (Å²) in [5.74, 6) is 1.04. The van der Waals surface area contributed by atoms with Crippen molar-refractivity contribution in [2.75, 3.05) is 20.1 Å². The minimum absolute atomic E-state index is 0.473. The van der Waals surface area contributed by atoms with Crippen LogP contribution in [0.3, 0.4) is 0 Å². The van der Waals surface area contributed by atoms with Crippen LogP contribution in [-0.4, -0.2) is 43.0 Å². The Morgan fingerprint density at radius 1 is 1.33 bits per heavy atom. The van der Waals surface area contributed by atoms with E-state index in [1.165, 1.54) is 6.42 Å². The van der Waals surface area contributed by atoms with Crippen molar-refractivity contribution in [2.45, 2.75) is 53.1 Å². The lowest BCUT2D eigenvalue weighted by Gasteiger charge is -2.22.